The molecular weight excluding hydrogens is 485 g/mol. The van der Waals surface area contributed by atoms with Crippen LogP contribution in [0.5, 0.6) is 0 Å². The minimum Gasteiger partial charge on any atom is -0.633 e. The molecule has 0 rings (SSSR count). The number of hydrogen-bond donors (Lipinski definition) is 1. The van der Waals surface area contributed by atoms with Gasteiger partial charge < -0.3 is 9.85 Å². The molecule has 0 aromatic heterocycles. The van der Waals surface area contributed by atoms with E-state index in [0.29, 0.717) is 0 Å². The number of nitrogens with zero attached hydrogens (tertiary/aromatic N) is 1. The Morgan fingerprint density at radius 3 is 1.65 bits per heavy atom. The van der Waals surface area contributed by atoms with Crippen LogP contribution in [0.4, 0.5) is 48.3 Å². The molecule has 0 heterocycles. The fourth-order valence-corrected chi connectivity index (χ4v) is 3.46. The quantitative estimate of drug-likeness (QED) is 0.187. The van der Waals surface area contributed by atoms with Gasteiger partial charge in [0.2, 0.25) is 10.0 Å². The van der Waals surface area contributed by atoms with Gasteiger partial charge in [-0.15, -0.1) is 0 Å². The van der Waals surface area contributed by atoms with E-state index in [1.165, 1.54) is 14.1 Å². The van der Waals surface area contributed by atoms with Gasteiger partial charge in [0.25, 0.3) is 11.8 Å². The molecule has 0 radical (unpaired) electrons. The van der Waals surface area contributed by atoms with Gasteiger partial charge in [0.1, 0.15) is 0 Å². The van der Waals surface area contributed by atoms with Crippen LogP contribution in [-0.4, -0.2) is 75.9 Å². The summed E-state index contributed by atoms with van der Waals surface area (Å²) in [5.41, 5.74) is -6.44. The van der Waals surface area contributed by atoms with E-state index in [9.17, 15) is 61.9 Å². The van der Waals surface area contributed by atoms with Crippen LogP contribution in [0.2, 0.25) is 0 Å². The first-order chi connectivity index (χ1) is 13.3. The number of alkyl halides is 11. The molecule has 0 aromatic carbocycles. The van der Waals surface area contributed by atoms with E-state index in [-0.39, 0.29) is 19.5 Å². The van der Waals surface area contributed by atoms with Gasteiger partial charge in [-0.25, -0.2) is 35.1 Å². The molecule has 0 aliphatic rings. The third-order valence-corrected chi connectivity index (χ3v) is 5.24. The van der Waals surface area contributed by atoms with Crippen LogP contribution in [0.15, 0.2) is 0 Å². The van der Waals surface area contributed by atoms with Crippen molar-refractivity contribution in [1.82, 2.24) is 4.72 Å². The molecule has 0 amide bonds. The van der Waals surface area contributed by atoms with Crippen LogP contribution in [0.1, 0.15) is 25.7 Å². The minimum atomic E-state index is -6.85. The van der Waals surface area contributed by atoms with Gasteiger partial charge in [0.05, 0.1) is 39.2 Å². The SMILES string of the molecule is C[N+](C)([O-])CCCNS(=O)(=O)CCC(F)(F)CC(F)(F)CC(F)(C(F)(F)F)C(F)(F)F. The van der Waals surface area contributed by atoms with Crippen molar-refractivity contribution in [3.8, 4) is 0 Å². The summed E-state index contributed by atoms with van der Waals surface area (Å²) < 4.78 is 166. The molecule has 5 nitrogen and oxygen atoms in total. The molecular formula is C14H21F11N2O3S. The number of nitrogens with one attached hydrogen (secondary N) is 1. The Labute approximate surface area is 170 Å². The van der Waals surface area contributed by atoms with Crippen molar-refractivity contribution in [2.75, 3.05) is 32.9 Å². The van der Waals surface area contributed by atoms with Gasteiger partial charge in [0, 0.05) is 19.4 Å². The Balaban J connectivity index is 5.06. The highest BCUT2D eigenvalue weighted by atomic mass is 32.2. The van der Waals surface area contributed by atoms with Crippen molar-refractivity contribution in [2.24, 2.45) is 0 Å². The predicted octanol–water partition coefficient (Wildman–Crippen LogP) is 4.14. The second-order valence-electron chi connectivity index (χ2n) is 7.48. The molecule has 0 aliphatic carbocycles. The average molecular weight is 506 g/mol. The van der Waals surface area contributed by atoms with Gasteiger partial charge in [-0.2, -0.15) is 26.3 Å². The maximum absolute atomic E-state index is 13.7. The monoisotopic (exact) mass is 506 g/mol. The second-order valence-corrected chi connectivity index (χ2v) is 9.40. The molecule has 0 aromatic rings. The lowest BCUT2D eigenvalue weighted by Gasteiger charge is -2.34. The minimum absolute atomic E-state index is 0.0162. The largest absolute Gasteiger partial charge is 0.633 e. The van der Waals surface area contributed by atoms with E-state index in [0.717, 1.165) is 0 Å². The molecule has 0 fully saturated rings. The van der Waals surface area contributed by atoms with Crippen LogP contribution in [-0.2, 0) is 10.0 Å². The Kier molecular flexibility index (Phi) is 9.22. The fraction of sp³-hybridized carbons (Fsp3) is 1.00. The molecule has 0 atom stereocenters. The number of hydrogen-bond acceptors (Lipinski definition) is 3. The molecule has 0 unspecified atom stereocenters. The van der Waals surface area contributed by atoms with Crippen molar-refractivity contribution in [3.05, 3.63) is 5.21 Å². The van der Waals surface area contributed by atoms with E-state index in [1.807, 2.05) is 0 Å². The van der Waals surface area contributed by atoms with Crippen molar-refractivity contribution in [2.45, 2.75) is 55.5 Å². The summed E-state index contributed by atoms with van der Waals surface area (Å²) in [5, 5.41) is 11.3. The number of halogens is 11. The summed E-state index contributed by atoms with van der Waals surface area (Å²) in [6.45, 7) is -0.427. The summed E-state index contributed by atoms with van der Waals surface area (Å²) in [6.07, 6.45) is -22.2. The molecule has 0 aliphatic heterocycles. The third-order valence-electron chi connectivity index (χ3n) is 3.85. The predicted molar refractivity (Wildman–Crippen MR) is 86.4 cm³/mol. The summed E-state index contributed by atoms with van der Waals surface area (Å²) in [5.74, 6) is -11.7. The molecule has 0 spiro atoms. The molecule has 17 heteroatoms. The molecule has 0 saturated heterocycles. The molecule has 31 heavy (non-hydrogen) atoms. The van der Waals surface area contributed by atoms with Gasteiger partial charge in [0.15, 0.2) is 0 Å². The van der Waals surface area contributed by atoms with Crippen LogP contribution in [0.25, 0.3) is 0 Å². The highest BCUT2D eigenvalue weighted by Crippen LogP contribution is 2.52. The lowest BCUT2D eigenvalue weighted by Crippen LogP contribution is -2.56. The van der Waals surface area contributed by atoms with Gasteiger partial charge >= 0.3 is 18.0 Å². The number of sulfonamides is 1. The van der Waals surface area contributed by atoms with E-state index >= 15 is 0 Å². The topological polar surface area (TPSA) is 69.2 Å². The normalized spacial score (nSPS) is 15.4. The molecule has 1 N–H and O–H groups in total. The smallest absolute Gasteiger partial charge is 0.431 e. The summed E-state index contributed by atoms with van der Waals surface area (Å²) in [7, 11) is -2.02. The molecule has 0 bridgehead atoms. The summed E-state index contributed by atoms with van der Waals surface area (Å²) in [6, 6.07) is 0. The van der Waals surface area contributed by atoms with E-state index in [1.54, 1.807) is 4.72 Å². The first kappa shape index (κ1) is 30.1. The van der Waals surface area contributed by atoms with Gasteiger partial charge in [-0.1, -0.05) is 0 Å². The van der Waals surface area contributed by atoms with Crippen molar-refractivity contribution < 1.29 is 61.4 Å². The maximum atomic E-state index is 13.7. The summed E-state index contributed by atoms with van der Waals surface area (Å²) in [4.78, 5) is 0. The van der Waals surface area contributed by atoms with E-state index < -0.39 is 69.6 Å². The van der Waals surface area contributed by atoms with Crippen LogP contribution >= 0.6 is 0 Å². The Hall–Kier alpha value is -0.940. The van der Waals surface area contributed by atoms with Gasteiger partial charge in [-0.3, -0.25) is 0 Å². The maximum Gasteiger partial charge on any atom is 0.431 e. The average Bonchev–Trinajstić information content (AvgIpc) is 2.45. The first-order valence-electron chi connectivity index (χ1n) is 8.42. The zero-order valence-corrected chi connectivity index (χ0v) is 17.0. The highest BCUT2D eigenvalue weighted by Gasteiger charge is 2.75. The summed E-state index contributed by atoms with van der Waals surface area (Å²) >= 11 is 0. The van der Waals surface area contributed by atoms with Crippen molar-refractivity contribution >= 4 is 10.0 Å². The number of hydroxylamine groups is 3. The van der Waals surface area contributed by atoms with Crippen molar-refractivity contribution in [3.63, 3.8) is 0 Å². The first-order valence-corrected chi connectivity index (χ1v) is 10.1. The van der Waals surface area contributed by atoms with Gasteiger partial charge in [-0.05, 0) is 0 Å². The zero-order chi connectivity index (χ0) is 25.2. The van der Waals surface area contributed by atoms with Crippen LogP contribution < -0.4 is 4.72 Å². The molecule has 0 saturated carbocycles. The Bertz CT molecular complexity index is 671. The fourth-order valence-electron chi connectivity index (χ4n) is 2.29. The third kappa shape index (κ3) is 10.5. The Morgan fingerprint density at radius 2 is 1.26 bits per heavy atom. The second kappa shape index (κ2) is 9.51. The lowest BCUT2D eigenvalue weighted by atomic mass is 9.92. The zero-order valence-electron chi connectivity index (χ0n) is 16.2. The highest BCUT2D eigenvalue weighted by molar-refractivity contribution is 7.89. The van der Waals surface area contributed by atoms with E-state index in [2.05, 4.69) is 0 Å². The number of quaternary nitrogens is 1. The van der Waals surface area contributed by atoms with Crippen LogP contribution in [0, 0.1) is 5.21 Å². The Morgan fingerprint density at radius 1 is 0.806 bits per heavy atom. The molecule has 188 valence electrons. The van der Waals surface area contributed by atoms with E-state index in [4.69, 9.17) is 0 Å². The van der Waals surface area contributed by atoms with Crippen LogP contribution in [0.3, 0.4) is 0 Å². The number of rotatable bonds is 12. The van der Waals surface area contributed by atoms with Crippen molar-refractivity contribution in [1.29, 1.82) is 0 Å². The standard InChI is InChI=1S/C14H21F11N2O3S/c1-27(2,28)6-3-5-26-31(29,30)7-4-10(15,16)8-11(17,18)9-12(19,13(20,21)22)14(23,24)25/h26H,3-9H2,1-2H3. The lowest BCUT2D eigenvalue weighted by molar-refractivity contribution is -0.840.